The summed E-state index contributed by atoms with van der Waals surface area (Å²) in [6.45, 7) is 11.2. The highest BCUT2D eigenvalue weighted by Crippen LogP contribution is 2.22. The minimum absolute atomic E-state index is 0.192. The monoisotopic (exact) mass is 311 g/mol. The van der Waals surface area contributed by atoms with Crippen molar-refractivity contribution in [2.75, 3.05) is 18.8 Å². The number of tetrazole rings is 1. The van der Waals surface area contributed by atoms with Crippen molar-refractivity contribution in [3.05, 3.63) is 0 Å². The predicted molar refractivity (Wildman–Crippen MR) is 82.9 cm³/mol. The molecule has 1 aliphatic rings. The molecule has 2 unspecified atom stereocenters. The first-order chi connectivity index (χ1) is 9.95. The Hall–Kier alpha value is -1.11. The van der Waals surface area contributed by atoms with Gasteiger partial charge in [-0.1, -0.05) is 39.5 Å². The highest BCUT2D eigenvalue weighted by Gasteiger charge is 2.25. The van der Waals surface area contributed by atoms with Gasteiger partial charge >= 0.3 is 0 Å². The van der Waals surface area contributed by atoms with Gasteiger partial charge in [-0.2, -0.15) is 0 Å². The van der Waals surface area contributed by atoms with Crippen LogP contribution < -0.4 is 0 Å². The summed E-state index contributed by atoms with van der Waals surface area (Å²) in [6.07, 6.45) is 1.21. The molecule has 2 rings (SSSR count). The quantitative estimate of drug-likeness (QED) is 0.777. The molecule has 6 nitrogen and oxygen atoms in total. The zero-order valence-electron chi connectivity index (χ0n) is 13.3. The lowest BCUT2D eigenvalue weighted by atomic mass is 9.92. The van der Waals surface area contributed by atoms with E-state index in [0.717, 1.165) is 24.8 Å². The van der Waals surface area contributed by atoms with Crippen molar-refractivity contribution >= 4 is 17.7 Å². The molecule has 1 aromatic heterocycles. The fourth-order valence-corrected chi connectivity index (χ4v) is 3.63. The first kappa shape index (κ1) is 16.3. The standard InChI is InChI=1S/C14H25N5OS/c1-10(2)6-19-14(15-16-17-19)21-9-13(20)18-7-11(3)5-12(4)8-18/h10-12H,5-9H2,1-4H3. The molecular formula is C14H25N5OS. The molecule has 21 heavy (non-hydrogen) atoms. The Morgan fingerprint density at radius 3 is 2.62 bits per heavy atom. The molecule has 1 amide bonds. The van der Waals surface area contributed by atoms with Gasteiger partial charge in [0, 0.05) is 19.6 Å². The summed E-state index contributed by atoms with van der Waals surface area (Å²) >= 11 is 1.44. The summed E-state index contributed by atoms with van der Waals surface area (Å²) < 4.78 is 1.78. The normalized spacial score (nSPS) is 22.8. The maximum Gasteiger partial charge on any atom is 0.233 e. The van der Waals surface area contributed by atoms with Gasteiger partial charge in [0.15, 0.2) is 0 Å². The third kappa shape index (κ3) is 4.69. The second kappa shape index (κ2) is 7.24. The highest BCUT2D eigenvalue weighted by atomic mass is 32.2. The van der Waals surface area contributed by atoms with Crippen LogP contribution in [0.2, 0.25) is 0 Å². The van der Waals surface area contributed by atoms with Crippen molar-refractivity contribution in [3.63, 3.8) is 0 Å². The fourth-order valence-electron chi connectivity index (χ4n) is 2.84. The first-order valence-corrected chi connectivity index (χ1v) is 8.61. The van der Waals surface area contributed by atoms with E-state index in [-0.39, 0.29) is 5.91 Å². The highest BCUT2D eigenvalue weighted by molar-refractivity contribution is 7.99. The molecule has 0 bridgehead atoms. The van der Waals surface area contributed by atoms with Crippen LogP contribution in [0.5, 0.6) is 0 Å². The maximum absolute atomic E-state index is 12.3. The summed E-state index contributed by atoms with van der Waals surface area (Å²) in [7, 11) is 0. The smallest absolute Gasteiger partial charge is 0.233 e. The zero-order valence-corrected chi connectivity index (χ0v) is 14.1. The van der Waals surface area contributed by atoms with Crippen LogP contribution in [0.3, 0.4) is 0 Å². The summed E-state index contributed by atoms with van der Waals surface area (Å²) in [5.74, 6) is 2.27. The van der Waals surface area contributed by atoms with Crippen LogP contribution in [-0.2, 0) is 11.3 Å². The van der Waals surface area contributed by atoms with Crippen molar-refractivity contribution in [2.45, 2.75) is 45.8 Å². The molecule has 0 saturated carbocycles. The topological polar surface area (TPSA) is 63.9 Å². The second-order valence-corrected chi connectivity index (χ2v) is 7.51. The average molecular weight is 311 g/mol. The van der Waals surface area contributed by atoms with Crippen molar-refractivity contribution in [1.82, 2.24) is 25.1 Å². The first-order valence-electron chi connectivity index (χ1n) is 7.62. The van der Waals surface area contributed by atoms with Gasteiger partial charge in [0.05, 0.1) is 5.75 Å². The van der Waals surface area contributed by atoms with E-state index in [2.05, 4.69) is 43.2 Å². The molecule has 0 spiro atoms. The van der Waals surface area contributed by atoms with Gasteiger partial charge in [-0.3, -0.25) is 4.79 Å². The van der Waals surface area contributed by atoms with Gasteiger partial charge < -0.3 is 4.90 Å². The Balaban J connectivity index is 1.88. The second-order valence-electron chi connectivity index (χ2n) is 6.57. The SMILES string of the molecule is CC(C)Cn1nnnc1SCC(=O)N1CC(C)CC(C)C1. The predicted octanol–water partition coefficient (Wildman–Crippen LogP) is 1.93. The minimum Gasteiger partial charge on any atom is -0.341 e. The molecule has 0 radical (unpaired) electrons. The lowest BCUT2D eigenvalue weighted by Gasteiger charge is -2.34. The summed E-state index contributed by atoms with van der Waals surface area (Å²) in [5.41, 5.74) is 0. The van der Waals surface area contributed by atoms with Crippen molar-refractivity contribution < 1.29 is 4.79 Å². The molecule has 7 heteroatoms. The van der Waals surface area contributed by atoms with E-state index in [1.807, 2.05) is 4.90 Å². The van der Waals surface area contributed by atoms with Crippen LogP contribution in [0, 0.1) is 17.8 Å². The van der Waals surface area contributed by atoms with Gasteiger partial charge in [-0.15, -0.1) is 5.10 Å². The number of rotatable bonds is 5. The Morgan fingerprint density at radius 2 is 2.00 bits per heavy atom. The van der Waals surface area contributed by atoms with Gasteiger partial charge in [-0.05, 0) is 34.6 Å². The third-order valence-corrected chi connectivity index (χ3v) is 4.53. The number of carbonyl (C=O) groups excluding carboxylic acids is 1. The third-order valence-electron chi connectivity index (χ3n) is 3.58. The number of aromatic nitrogens is 4. The maximum atomic E-state index is 12.3. The van der Waals surface area contributed by atoms with Gasteiger partial charge in [0.1, 0.15) is 0 Å². The van der Waals surface area contributed by atoms with Crippen LogP contribution in [0.15, 0.2) is 5.16 Å². The lowest BCUT2D eigenvalue weighted by Crippen LogP contribution is -2.43. The molecular weight excluding hydrogens is 286 g/mol. The average Bonchev–Trinajstić information content (AvgIpc) is 2.81. The number of thioether (sulfide) groups is 1. The van der Waals surface area contributed by atoms with Gasteiger partial charge in [0.25, 0.3) is 0 Å². The van der Waals surface area contributed by atoms with Crippen molar-refractivity contribution in [2.24, 2.45) is 17.8 Å². The number of nitrogens with zero attached hydrogens (tertiary/aromatic N) is 5. The Bertz CT molecular complexity index is 466. The molecule has 0 aliphatic carbocycles. The van der Waals surface area contributed by atoms with E-state index >= 15 is 0 Å². The van der Waals surface area contributed by atoms with Crippen LogP contribution in [0.4, 0.5) is 0 Å². The van der Waals surface area contributed by atoms with Gasteiger partial charge in [0.2, 0.25) is 11.1 Å². The summed E-state index contributed by atoms with van der Waals surface area (Å²) in [4.78, 5) is 14.3. The van der Waals surface area contributed by atoms with E-state index < -0.39 is 0 Å². The molecule has 118 valence electrons. The number of hydrogen-bond acceptors (Lipinski definition) is 5. The van der Waals surface area contributed by atoms with Crippen molar-refractivity contribution in [3.8, 4) is 0 Å². The summed E-state index contributed by atoms with van der Waals surface area (Å²) in [6, 6.07) is 0. The van der Waals surface area contributed by atoms with Crippen LogP contribution in [0.25, 0.3) is 0 Å². The number of carbonyl (C=O) groups is 1. The number of piperidine rings is 1. The van der Waals surface area contributed by atoms with Crippen LogP contribution >= 0.6 is 11.8 Å². The molecule has 0 aromatic carbocycles. The van der Waals surface area contributed by atoms with Crippen LogP contribution in [0.1, 0.15) is 34.1 Å². The number of amides is 1. The minimum atomic E-state index is 0.192. The molecule has 0 N–H and O–H groups in total. The zero-order chi connectivity index (χ0) is 15.4. The fraction of sp³-hybridized carbons (Fsp3) is 0.857. The van der Waals surface area contributed by atoms with Gasteiger partial charge in [-0.25, -0.2) is 4.68 Å². The summed E-state index contributed by atoms with van der Waals surface area (Å²) in [5, 5.41) is 12.4. The van der Waals surface area contributed by atoms with E-state index in [0.29, 0.717) is 23.5 Å². The lowest BCUT2D eigenvalue weighted by molar-refractivity contribution is -0.130. The van der Waals surface area contributed by atoms with E-state index in [1.165, 1.54) is 18.2 Å². The van der Waals surface area contributed by atoms with E-state index in [1.54, 1.807) is 4.68 Å². The van der Waals surface area contributed by atoms with Crippen molar-refractivity contribution in [1.29, 1.82) is 0 Å². The van der Waals surface area contributed by atoms with E-state index in [4.69, 9.17) is 0 Å². The number of hydrogen-bond donors (Lipinski definition) is 0. The molecule has 1 fully saturated rings. The van der Waals surface area contributed by atoms with E-state index in [9.17, 15) is 4.79 Å². The molecule has 2 atom stereocenters. The molecule has 1 saturated heterocycles. The largest absolute Gasteiger partial charge is 0.341 e. The molecule has 2 heterocycles. The number of likely N-dealkylation sites (tertiary alicyclic amines) is 1. The Kier molecular flexibility index (Phi) is 5.61. The molecule has 1 aliphatic heterocycles. The Labute approximate surface area is 130 Å². The molecule has 1 aromatic rings. The van der Waals surface area contributed by atoms with Crippen LogP contribution in [-0.4, -0.2) is 49.9 Å². The Morgan fingerprint density at radius 1 is 1.33 bits per heavy atom.